The number of hydrogen-bond donors (Lipinski definition) is 2. The molecular formula is C26H22N2O6S. The van der Waals surface area contributed by atoms with E-state index in [0.717, 1.165) is 4.31 Å². The average Bonchev–Trinajstić information content (AvgIpc) is 2.86. The highest BCUT2D eigenvalue weighted by Crippen LogP contribution is 2.36. The van der Waals surface area contributed by atoms with E-state index in [1.165, 1.54) is 37.4 Å². The maximum absolute atomic E-state index is 13.9. The molecule has 4 aromatic rings. The summed E-state index contributed by atoms with van der Waals surface area (Å²) in [5, 5.41) is 10.9. The predicted molar refractivity (Wildman–Crippen MR) is 132 cm³/mol. The molecule has 1 amide bonds. The number of nitrogens with zero attached hydrogens (tertiary/aromatic N) is 1. The van der Waals surface area contributed by atoms with Gasteiger partial charge >= 0.3 is 5.97 Å². The first-order valence-electron chi connectivity index (χ1n) is 10.5. The average molecular weight is 491 g/mol. The zero-order valence-electron chi connectivity index (χ0n) is 18.7. The van der Waals surface area contributed by atoms with Gasteiger partial charge in [0.25, 0.3) is 10.0 Å². The second-order valence-corrected chi connectivity index (χ2v) is 9.57. The molecular weight excluding hydrogens is 468 g/mol. The molecule has 9 heteroatoms. The first-order chi connectivity index (χ1) is 16.7. The van der Waals surface area contributed by atoms with Crippen molar-refractivity contribution in [3.63, 3.8) is 0 Å². The van der Waals surface area contributed by atoms with Crippen molar-refractivity contribution in [1.29, 1.82) is 0 Å². The number of carboxylic acid groups (broad SMARTS) is 1. The fourth-order valence-corrected chi connectivity index (χ4v) is 5.38. The zero-order valence-corrected chi connectivity index (χ0v) is 19.5. The summed E-state index contributed by atoms with van der Waals surface area (Å²) >= 11 is 0. The molecule has 8 nitrogen and oxygen atoms in total. The van der Waals surface area contributed by atoms with Crippen LogP contribution in [0.2, 0.25) is 0 Å². The van der Waals surface area contributed by atoms with Crippen LogP contribution in [0.5, 0.6) is 5.75 Å². The molecule has 0 spiro atoms. The van der Waals surface area contributed by atoms with Crippen molar-refractivity contribution in [2.75, 3.05) is 11.4 Å². The Balaban J connectivity index is 2.04. The SMILES string of the molecule is COc1ccc(S(=O)(=O)N(Cc2ccccc2)c2cc3ccccc3c(C(N)=O)c2C(=O)O)cc1. The fourth-order valence-electron chi connectivity index (χ4n) is 3.93. The lowest BCUT2D eigenvalue weighted by Crippen LogP contribution is -2.33. The molecule has 0 heterocycles. The largest absolute Gasteiger partial charge is 0.497 e. The summed E-state index contributed by atoms with van der Waals surface area (Å²) in [6, 6.07) is 22.6. The van der Waals surface area contributed by atoms with Gasteiger partial charge in [0.15, 0.2) is 0 Å². The molecule has 0 aliphatic carbocycles. The number of rotatable bonds is 8. The molecule has 4 aromatic carbocycles. The number of nitrogens with two attached hydrogens (primary N) is 1. The van der Waals surface area contributed by atoms with Crippen molar-refractivity contribution in [2.45, 2.75) is 11.4 Å². The maximum atomic E-state index is 13.9. The van der Waals surface area contributed by atoms with Crippen LogP contribution in [0.25, 0.3) is 10.8 Å². The van der Waals surface area contributed by atoms with Gasteiger partial charge < -0.3 is 15.6 Å². The van der Waals surface area contributed by atoms with Crippen LogP contribution in [-0.2, 0) is 16.6 Å². The fraction of sp³-hybridized carbons (Fsp3) is 0.0769. The lowest BCUT2D eigenvalue weighted by molar-refractivity contribution is 0.0693. The van der Waals surface area contributed by atoms with Gasteiger partial charge in [0, 0.05) is 0 Å². The minimum Gasteiger partial charge on any atom is -0.497 e. The molecule has 0 bridgehead atoms. The van der Waals surface area contributed by atoms with Gasteiger partial charge in [0.05, 0.1) is 35.4 Å². The number of carboxylic acids is 1. The molecule has 0 radical (unpaired) electrons. The van der Waals surface area contributed by atoms with E-state index in [2.05, 4.69) is 0 Å². The van der Waals surface area contributed by atoms with E-state index in [0.29, 0.717) is 22.1 Å². The van der Waals surface area contributed by atoms with Crippen LogP contribution in [0.15, 0.2) is 89.8 Å². The Bertz CT molecular complexity index is 1520. The third-order valence-electron chi connectivity index (χ3n) is 5.57. The number of carbonyl (C=O) groups is 2. The summed E-state index contributed by atoms with van der Waals surface area (Å²) in [5.41, 5.74) is 5.33. The highest BCUT2D eigenvalue weighted by atomic mass is 32.2. The second kappa shape index (κ2) is 9.47. The van der Waals surface area contributed by atoms with Crippen molar-refractivity contribution in [1.82, 2.24) is 0 Å². The number of benzene rings is 4. The number of anilines is 1. The van der Waals surface area contributed by atoms with E-state index >= 15 is 0 Å². The van der Waals surface area contributed by atoms with Crippen molar-refractivity contribution in [3.05, 3.63) is 102 Å². The van der Waals surface area contributed by atoms with Crippen LogP contribution >= 0.6 is 0 Å². The minimum absolute atomic E-state index is 0.0700. The van der Waals surface area contributed by atoms with Crippen molar-refractivity contribution in [3.8, 4) is 5.75 Å². The highest BCUT2D eigenvalue weighted by Gasteiger charge is 2.32. The molecule has 0 saturated heterocycles. The highest BCUT2D eigenvalue weighted by molar-refractivity contribution is 7.92. The first-order valence-corrected chi connectivity index (χ1v) is 12.0. The molecule has 0 saturated carbocycles. The number of fused-ring (bicyclic) bond motifs is 1. The van der Waals surface area contributed by atoms with E-state index in [1.807, 2.05) is 0 Å². The predicted octanol–water partition coefficient (Wildman–Crippen LogP) is 4.04. The number of aromatic carboxylic acids is 1. The summed E-state index contributed by atoms with van der Waals surface area (Å²) in [6.45, 7) is -0.175. The normalized spacial score (nSPS) is 11.2. The molecule has 0 aliphatic rings. The number of methoxy groups -OCH3 is 1. The molecule has 0 fully saturated rings. The molecule has 0 aliphatic heterocycles. The van der Waals surface area contributed by atoms with Gasteiger partial charge in [-0.2, -0.15) is 0 Å². The third kappa shape index (κ3) is 4.53. The topological polar surface area (TPSA) is 127 Å². The monoisotopic (exact) mass is 490 g/mol. The van der Waals surface area contributed by atoms with Gasteiger partial charge in [-0.1, -0.05) is 54.6 Å². The molecule has 35 heavy (non-hydrogen) atoms. The van der Waals surface area contributed by atoms with Gasteiger partial charge in [-0.15, -0.1) is 0 Å². The quantitative estimate of drug-likeness (QED) is 0.384. The van der Waals surface area contributed by atoms with E-state index in [1.54, 1.807) is 54.6 Å². The Hall–Kier alpha value is -4.37. The van der Waals surface area contributed by atoms with E-state index in [-0.39, 0.29) is 22.7 Å². The third-order valence-corrected chi connectivity index (χ3v) is 7.35. The zero-order chi connectivity index (χ0) is 25.2. The Morgan fingerprint density at radius 3 is 2.14 bits per heavy atom. The Kier molecular flexibility index (Phi) is 6.44. The van der Waals surface area contributed by atoms with Crippen LogP contribution < -0.4 is 14.8 Å². The summed E-state index contributed by atoms with van der Waals surface area (Å²) < 4.78 is 33.9. The van der Waals surface area contributed by atoms with Gasteiger partial charge in [-0.25, -0.2) is 13.2 Å². The number of hydrogen-bond acceptors (Lipinski definition) is 5. The maximum Gasteiger partial charge on any atom is 0.338 e. The van der Waals surface area contributed by atoms with Gasteiger partial charge in [-0.05, 0) is 46.7 Å². The van der Waals surface area contributed by atoms with Crippen LogP contribution in [0.1, 0.15) is 26.3 Å². The van der Waals surface area contributed by atoms with Crippen LogP contribution in [0, 0.1) is 0 Å². The molecule has 0 unspecified atom stereocenters. The van der Waals surface area contributed by atoms with E-state index in [9.17, 15) is 23.1 Å². The Morgan fingerprint density at radius 2 is 1.54 bits per heavy atom. The smallest absolute Gasteiger partial charge is 0.338 e. The van der Waals surface area contributed by atoms with Crippen molar-refractivity contribution >= 4 is 38.4 Å². The van der Waals surface area contributed by atoms with E-state index in [4.69, 9.17) is 10.5 Å². The van der Waals surface area contributed by atoms with Crippen molar-refractivity contribution < 1.29 is 27.9 Å². The van der Waals surface area contributed by atoms with Crippen LogP contribution in [0.3, 0.4) is 0 Å². The number of carbonyl (C=O) groups excluding carboxylic acids is 1. The summed E-state index contributed by atoms with van der Waals surface area (Å²) in [5.74, 6) is -1.98. The van der Waals surface area contributed by atoms with Gasteiger partial charge in [-0.3, -0.25) is 9.10 Å². The summed E-state index contributed by atoms with van der Waals surface area (Å²) in [7, 11) is -2.82. The number of ether oxygens (including phenoxy) is 1. The number of amides is 1. The molecule has 0 aromatic heterocycles. The number of sulfonamides is 1. The van der Waals surface area contributed by atoms with Crippen molar-refractivity contribution in [2.24, 2.45) is 5.73 Å². The summed E-state index contributed by atoms with van der Waals surface area (Å²) in [6.07, 6.45) is 0. The summed E-state index contributed by atoms with van der Waals surface area (Å²) in [4.78, 5) is 24.8. The van der Waals surface area contributed by atoms with E-state index < -0.39 is 27.5 Å². The van der Waals surface area contributed by atoms with Gasteiger partial charge in [0.2, 0.25) is 5.91 Å². The second-order valence-electron chi connectivity index (χ2n) is 7.71. The lowest BCUT2D eigenvalue weighted by atomic mass is 9.96. The molecule has 0 atom stereocenters. The molecule has 3 N–H and O–H groups in total. The van der Waals surface area contributed by atoms with Crippen LogP contribution in [-0.4, -0.2) is 32.5 Å². The standard InChI is InChI=1S/C26H22N2O6S/c1-34-19-11-13-20(14-12-19)35(32,33)28(16-17-7-3-2-4-8-17)22-15-18-9-5-6-10-21(18)23(25(27)29)24(22)26(30)31/h2-15H,16H2,1H3,(H2,27,29)(H,30,31). The number of primary amides is 1. The Morgan fingerprint density at radius 1 is 0.914 bits per heavy atom. The Labute approximate surface area is 202 Å². The minimum atomic E-state index is -4.28. The van der Waals surface area contributed by atoms with Crippen LogP contribution in [0.4, 0.5) is 5.69 Å². The molecule has 178 valence electrons. The first kappa shape index (κ1) is 23.8. The van der Waals surface area contributed by atoms with Gasteiger partial charge in [0.1, 0.15) is 5.75 Å². The lowest BCUT2D eigenvalue weighted by Gasteiger charge is -2.27. The molecule has 4 rings (SSSR count).